The van der Waals surface area contributed by atoms with Crippen molar-refractivity contribution in [2.75, 3.05) is 13.2 Å². The van der Waals surface area contributed by atoms with E-state index in [1.807, 2.05) is 27.7 Å². The fourth-order valence-electron chi connectivity index (χ4n) is 2.03. The average molecular weight is 354 g/mol. The predicted molar refractivity (Wildman–Crippen MR) is 101 cm³/mol. The summed E-state index contributed by atoms with van der Waals surface area (Å²) in [7, 11) is 0. The molecule has 1 aromatic rings. The lowest BCUT2D eigenvalue weighted by molar-refractivity contribution is -0.117. The number of rotatable bonds is 10. The Hall–Kier alpha value is -1.17. The topological polar surface area (TPSA) is 38.3 Å². The molecule has 134 valence electrons. The van der Waals surface area contributed by atoms with Gasteiger partial charge in [0.25, 0.3) is 0 Å². The Morgan fingerprint density at radius 3 is 2.67 bits per heavy atom. The van der Waals surface area contributed by atoms with Gasteiger partial charge in [-0.05, 0) is 49.6 Å². The lowest BCUT2D eigenvalue weighted by Crippen LogP contribution is -2.31. The van der Waals surface area contributed by atoms with Crippen LogP contribution in [0.5, 0.6) is 0 Å². The summed E-state index contributed by atoms with van der Waals surface area (Å²) >= 11 is 4.25. The van der Waals surface area contributed by atoms with Crippen LogP contribution < -0.4 is 5.32 Å². The molecule has 2 atom stereocenters. The summed E-state index contributed by atoms with van der Waals surface area (Å²) < 4.78 is 19.6. The molecule has 0 amide bonds. The molecule has 0 fully saturated rings. The maximum atomic E-state index is 13.9. The van der Waals surface area contributed by atoms with Crippen molar-refractivity contribution in [3.63, 3.8) is 0 Å². The van der Waals surface area contributed by atoms with E-state index in [9.17, 15) is 9.18 Å². The van der Waals surface area contributed by atoms with Crippen molar-refractivity contribution in [3.8, 4) is 0 Å². The third kappa shape index (κ3) is 8.08. The summed E-state index contributed by atoms with van der Waals surface area (Å²) in [5, 5.41) is 3.29. The molecule has 24 heavy (non-hydrogen) atoms. The normalized spacial score (nSPS) is 14.3. The van der Waals surface area contributed by atoms with Crippen molar-refractivity contribution in [3.05, 3.63) is 41.2 Å². The van der Waals surface area contributed by atoms with E-state index >= 15 is 0 Å². The molecule has 0 bridgehead atoms. The molecule has 0 saturated carbocycles. The molecular formula is C19H28FNO2S. The summed E-state index contributed by atoms with van der Waals surface area (Å²) in [5.74, 6) is -0.228. The summed E-state index contributed by atoms with van der Waals surface area (Å²) in [6.45, 7) is 8.77. The van der Waals surface area contributed by atoms with E-state index in [4.69, 9.17) is 4.74 Å². The third-order valence-electron chi connectivity index (χ3n) is 3.55. The molecule has 0 saturated heterocycles. The Bertz CT molecular complexity index is 558. The monoisotopic (exact) mass is 353 g/mol. The highest BCUT2D eigenvalue weighted by Crippen LogP contribution is 2.14. The van der Waals surface area contributed by atoms with Gasteiger partial charge in [0, 0.05) is 17.8 Å². The molecule has 0 spiro atoms. The summed E-state index contributed by atoms with van der Waals surface area (Å²) in [4.78, 5) is 11.6. The molecule has 0 aromatic heterocycles. The van der Waals surface area contributed by atoms with Crippen molar-refractivity contribution in [2.45, 2.75) is 45.6 Å². The fraction of sp³-hybridized carbons (Fsp3) is 0.526. The first-order valence-electron chi connectivity index (χ1n) is 8.33. The first-order valence-corrected chi connectivity index (χ1v) is 8.84. The van der Waals surface area contributed by atoms with Crippen molar-refractivity contribution < 1.29 is 13.9 Å². The standard InChI is InChI=1S/C19H28FNO2S/c1-13(2)19(22)8-6-16-5-7-18(20)17(11-16)9-10-23-14(3)12-21-15(4)24/h5-8,11,13-15,21,24H,9-10,12H2,1-4H3/b8-6+/t14-,15?/m0/s1. The van der Waals surface area contributed by atoms with Gasteiger partial charge in [0.2, 0.25) is 0 Å². The van der Waals surface area contributed by atoms with Gasteiger partial charge in [-0.15, -0.1) is 0 Å². The van der Waals surface area contributed by atoms with Crippen molar-refractivity contribution >= 4 is 24.5 Å². The Balaban J connectivity index is 2.56. The minimum absolute atomic E-state index is 0.0365. The van der Waals surface area contributed by atoms with Crippen molar-refractivity contribution in [1.29, 1.82) is 0 Å². The zero-order chi connectivity index (χ0) is 18.1. The molecule has 0 aliphatic rings. The number of carbonyl (C=O) groups is 1. The average Bonchev–Trinajstić information content (AvgIpc) is 2.52. The number of ether oxygens (including phenoxy) is 1. The molecular weight excluding hydrogens is 325 g/mol. The van der Waals surface area contributed by atoms with Gasteiger partial charge in [0.1, 0.15) is 5.82 Å². The lowest BCUT2D eigenvalue weighted by atomic mass is 10.0. The van der Waals surface area contributed by atoms with Gasteiger partial charge in [-0.2, -0.15) is 12.6 Å². The second-order valence-electron chi connectivity index (χ2n) is 6.26. The van der Waals surface area contributed by atoms with Crippen LogP contribution in [0.3, 0.4) is 0 Å². The molecule has 1 rings (SSSR count). The van der Waals surface area contributed by atoms with Crippen LogP contribution in [0.15, 0.2) is 24.3 Å². The molecule has 1 unspecified atom stereocenters. The maximum Gasteiger partial charge on any atom is 0.158 e. The van der Waals surface area contributed by atoms with E-state index in [-0.39, 0.29) is 29.0 Å². The Morgan fingerprint density at radius 2 is 2.04 bits per heavy atom. The zero-order valence-corrected chi connectivity index (χ0v) is 15.8. The van der Waals surface area contributed by atoms with Gasteiger partial charge >= 0.3 is 0 Å². The van der Waals surface area contributed by atoms with E-state index in [2.05, 4.69) is 17.9 Å². The smallest absolute Gasteiger partial charge is 0.158 e. The van der Waals surface area contributed by atoms with Crippen LogP contribution in [0.1, 0.15) is 38.8 Å². The number of allylic oxidation sites excluding steroid dienone is 1. The zero-order valence-electron chi connectivity index (χ0n) is 14.9. The predicted octanol–water partition coefficient (Wildman–Crippen LogP) is 3.88. The van der Waals surface area contributed by atoms with E-state index in [0.29, 0.717) is 25.1 Å². The number of halogens is 1. The van der Waals surface area contributed by atoms with Crippen LogP contribution in [-0.4, -0.2) is 30.4 Å². The lowest BCUT2D eigenvalue weighted by Gasteiger charge is -2.15. The van der Waals surface area contributed by atoms with Crippen molar-refractivity contribution in [2.24, 2.45) is 5.92 Å². The van der Waals surface area contributed by atoms with E-state index in [0.717, 1.165) is 5.56 Å². The summed E-state index contributed by atoms with van der Waals surface area (Å²) in [6, 6.07) is 4.87. The van der Waals surface area contributed by atoms with E-state index in [1.54, 1.807) is 24.3 Å². The van der Waals surface area contributed by atoms with E-state index in [1.165, 1.54) is 6.07 Å². The first kappa shape index (κ1) is 20.9. The quantitative estimate of drug-likeness (QED) is 0.381. The summed E-state index contributed by atoms with van der Waals surface area (Å²) in [6.07, 6.45) is 3.80. The number of benzene rings is 1. The van der Waals surface area contributed by atoms with Gasteiger partial charge in [-0.25, -0.2) is 4.39 Å². The van der Waals surface area contributed by atoms with Gasteiger partial charge in [-0.1, -0.05) is 26.0 Å². The number of hydrogen-bond donors (Lipinski definition) is 2. The Morgan fingerprint density at radius 1 is 1.33 bits per heavy atom. The minimum atomic E-state index is -0.249. The number of hydrogen-bond acceptors (Lipinski definition) is 4. The highest BCUT2D eigenvalue weighted by atomic mass is 32.1. The summed E-state index contributed by atoms with van der Waals surface area (Å²) in [5.41, 5.74) is 1.41. The van der Waals surface area contributed by atoms with Crippen LogP contribution in [0.25, 0.3) is 6.08 Å². The van der Waals surface area contributed by atoms with Crippen LogP contribution >= 0.6 is 12.6 Å². The molecule has 0 aliphatic heterocycles. The molecule has 3 nitrogen and oxygen atoms in total. The van der Waals surface area contributed by atoms with Crippen LogP contribution in [0.4, 0.5) is 4.39 Å². The van der Waals surface area contributed by atoms with E-state index < -0.39 is 0 Å². The second kappa shape index (κ2) is 10.6. The molecule has 1 aromatic carbocycles. The second-order valence-corrected chi connectivity index (χ2v) is 7.03. The van der Waals surface area contributed by atoms with Crippen molar-refractivity contribution in [1.82, 2.24) is 5.32 Å². The SMILES string of the molecule is CC(S)NC[C@H](C)OCCc1cc(/C=C/C(=O)C(C)C)ccc1F. The largest absolute Gasteiger partial charge is 0.377 e. The fourth-order valence-corrected chi connectivity index (χ4v) is 2.13. The molecule has 0 aliphatic carbocycles. The highest BCUT2D eigenvalue weighted by molar-refractivity contribution is 7.80. The molecule has 0 radical (unpaired) electrons. The number of carbonyl (C=O) groups excluding carboxylic acids is 1. The Kier molecular flexibility index (Phi) is 9.26. The molecule has 0 heterocycles. The van der Waals surface area contributed by atoms with Gasteiger partial charge in [0.05, 0.1) is 12.7 Å². The number of nitrogens with one attached hydrogen (secondary N) is 1. The maximum absolute atomic E-state index is 13.9. The first-order chi connectivity index (χ1) is 11.3. The van der Waals surface area contributed by atoms with Gasteiger partial charge < -0.3 is 10.1 Å². The van der Waals surface area contributed by atoms with Crippen LogP contribution in [0, 0.1) is 11.7 Å². The van der Waals surface area contributed by atoms with Crippen LogP contribution in [-0.2, 0) is 16.0 Å². The number of thiol groups is 1. The number of ketones is 1. The molecule has 5 heteroatoms. The third-order valence-corrected chi connectivity index (χ3v) is 3.74. The van der Waals surface area contributed by atoms with Gasteiger partial charge in [0.15, 0.2) is 5.78 Å². The minimum Gasteiger partial charge on any atom is -0.377 e. The highest BCUT2D eigenvalue weighted by Gasteiger charge is 2.07. The molecule has 1 N–H and O–H groups in total. The Labute approximate surface area is 150 Å². The van der Waals surface area contributed by atoms with Gasteiger partial charge in [-0.3, -0.25) is 4.79 Å². The van der Waals surface area contributed by atoms with Crippen LogP contribution in [0.2, 0.25) is 0 Å².